The van der Waals surface area contributed by atoms with E-state index in [0.717, 1.165) is 25.7 Å². The van der Waals surface area contributed by atoms with Gasteiger partial charge in [0.1, 0.15) is 0 Å². The topological polar surface area (TPSA) is 148 Å². The second-order valence-corrected chi connectivity index (χ2v) is 12.2. The number of alkyl halides is 5. The molecule has 3 atom stereocenters. The molecule has 2 saturated heterocycles. The fraction of sp³-hybridized carbons (Fsp3) is 0.652. The molecule has 4 aliphatic rings. The highest BCUT2D eigenvalue weighted by Gasteiger charge is 2.49. The summed E-state index contributed by atoms with van der Waals surface area (Å²) in [6.45, 7) is 0. The number of benzene rings is 1. The fourth-order valence-electron chi connectivity index (χ4n) is 5.58. The van der Waals surface area contributed by atoms with E-state index in [1.807, 2.05) is 0 Å². The molecule has 1 aliphatic carbocycles. The first kappa shape index (κ1) is 29.3. The average molecular weight is 586 g/mol. The Morgan fingerprint density at radius 2 is 1.54 bits per heavy atom. The van der Waals surface area contributed by atoms with Crippen molar-refractivity contribution in [3.63, 3.8) is 0 Å². The number of hydrogen-bond donors (Lipinski definition) is 3. The van der Waals surface area contributed by atoms with Crippen molar-refractivity contribution in [1.29, 1.82) is 0 Å². The van der Waals surface area contributed by atoms with Gasteiger partial charge in [0.05, 0.1) is 5.25 Å². The molecular formula is C23H28F5N3O7S. The van der Waals surface area contributed by atoms with Gasteiger partial charge >= 0.3 is 18.4 Å². The molecule has 5 rings (SSSR count). The Morgan fingerprint density at radius 3 is 2.08 bits per heavy atom. The molecule has 1 amide bonds. The summed E-state index contributed by atoms with van der Waals surface area (Å²) in [4.78, 5) is 21.6. The molecule has 218 valence electrons. The zero-order valence-electron chi connectivity index (χ0n) is 20.5. The van der Waals surface area contributed by atoms with Crippen LogP contribution in [0, 0.1) is 0 Å². The van der Waals surface area contributed by atoms with E-state index < -0.39 is 34.4 Å². The summed E-state index contributed by atoms with van der Waals surface area (Å²) in [5.74, 6) is -3.47. The quantitative estimate of drug-likeness (QED) is 0.457. The van der Waals surface area contributed by atoms with Gasteiger partial charge in [-0.15, -0.1) is 8.78 Å². The largest absolute Gasteiger partial charge is 0.586 e. The summed E-state index contributed by atoms with van der Waals surface area (Å²) < 4.78 is 95.3. The van der Waals surface area contributed by atoms with Crippen molar-refractivity contribution in [2.45, 2.75) is 93.3 Å². The third-order valence-electron chi connectivity index (χ3n) is 7.34. The number of amides is 1. The predicted molar refractivity (Wildman–Crippen MR) is 125 cm³/mol. The number of carbonyl (C=O) groups excluding carboxylic acids is 1. The number of piperidine rings is 1. The monoisotopic (exact) mass is 585 g/mol. The number of fused-ring (bicyclic) bond motifs is 3. The normalized spacial score (nSPS) is 29.7. The van der Waals surface area contributed by atoms with E-state index >= 15 is 0 Å². The maximum absolute atomic E-state index is 13.3. The summed E-state index contributed by atoms with van der Waals surface area (Å²) in [7, 11) is -3.40. The lowest BCUT2D eigenvalue weighted by atomic mass is 9.96. The van der Waals surface area contributed by atoms with Crippen LogP contribution in [0.25, 0.3) is 0 Å². The van der Waals surface area contributed by atoms with E-state index in [4.69, 9.17) is 15.6 Å². The summed E-state index contributed by atoms with van der Waals surface area (Å²) in [6, 6.07) is 3.55. The van der Waals surface area contributed by atoms with E-state index in [1.165, 1.54) is 18.2 Å². The minimum Gasteiger partial charge on any atom is -0.475 e. The molecule has 1 saturated carbocycles. The maximum Gasteiger partial charge on any atom is 0.586 e. The van der Waals surface area contributed by atoms with Crippen molar-refractivity contribution in [1.82, 2.24) is 9.62 Å². The van der Waals surface area contributed by atoms with Gasteiger partial charge < -0.3 is 25.6 Å². The molecule has 1 aromatic rings. The molecule has 3 aliphatic heterocycles. The Balaban J connectivity index is 0.000000448. The number of halogens is 5. The summed E-state index contributed by atoms with van der Waals surface area (Å²) >= 11 is 0. The number of carboxylic acids is 1. The van der Waals surface area contributed by atoms with E-state index in [2.05, 4.69) is 14.8 Å². The minimum absolute atomic E-state index is 0.0847. The number of hydrogen-bond acceptors (Lipinski definition) is 7. The minimum atomic E-state index is -5.08. The van der Waals surface area contributed by atoms with Gasteiger partial charge in [-0.25, -0.2) is 13.2 Å². The summed E-state index contributed by atoms with van der Waals surface area (Å²) in [5, 5.41) is 9.70. The van der Waals surface area contributed by atoms with Gasteiger partial charge in [0.25, 0.3) is 5.91 Å². The average Bonchev–Trinajstić information content (AvgIpc) is 3.30. The number of nitrogens with one attached hydrogen (secondary N) is 1. The fourth-order valence-corrected chi connectivity index (χ4v) is 8.01. The van der Waals surface area contributed by atoms with E-state index in [0.29, 0.717) is 25.7 Å². The molecule has 2 bridgehead atoms. The lowest BCUT2D eigenvalue weighted by Crippen LogP contribution is -2.55. The smallest absolute Gasteiger partial charge is 0.475 e. The van der Waals surface area contributed by atoms with E-state index in [1.54, 1.807) is 4.31 Å². The molecule has 3 fully saturated rings. The first-order chi connectivity index (χ1) is 18.1. The van der Waals surface area contributed by atoms with Gasteiger partial charge in [0, 0.05) is 29.7 Å². The summed E-state index contributed by atoms with van der Waals surface area (Å²) in [6.07, 6.45) is -3.53. The number of aliphatic carboxylic acids is 1. The maximum atomic E-state index is 13.3. The van der Waals surface area contributed by atoms with Crippen LogP contribution in [0.5, 0.6) is 11.5 Å². The number of nitrogens with zero attached hydrogens (tertiary/aromatic N) is 1. The number of carboxylic acid groups (broad SMARTS) is 1. The molecule has 1 aromatic carbocycles. The zero-order chi connectivity index (χ0) is 28.8. The standard InChI is InChI=1S/C21H27F2N3O5S.C2HF3O2/c22-21(23)30-18-8-1-12(9-19(18)31-21)20(27)25-14-10-15-4-5-16(11-14)26(15)32(28,29)17-6-2-13(24)3-7-17;3-2(4,5)1(6)7/h1,8-9,13-17H,2-7,10-11,24H2,(H,25,27);(H,6,7)/t13?,14-,15-,16+,17?;. The molecule has 39 heavy (non-hydrogen) atoms. The number of rotatable bonds is 4. The van der Waals surface area contributed by atoms with Gasteiger partial charge in [-0.2, -0.15) is 17.5 Å². The Kier molecular flexibility index (Phi) is 8.02. The third-order valence-corrected chi connectivity index (χ3v) is 9.84. The Bertz CT molecular complexity index is 1190. The van der Waals surface area contributed by atoms with Crippen LogP contribution in [-0.2, 0) is 14.8 Å². The Hall–Kier alpha value is -2.72. The highest BCUT2D eigenvalue weighted by molar-refractivity contribution is 7.89. The number of ether oxygens (including phenoxy) is 2. The molecule has 3 heterocycles. The molecule has 16 heteroatoms. The van der Waals surface area contributed by atoms with Crippen LogP contribution in [-0.4, -0.2) is 71.6 Å². The van der Waals surface area contributed by atoms with Crippen molar-refractivity contribution in [3.8, 4) is 11.5 Å². The van der Waals surface area contributed by atoms with Crippen LogP contribution < -0.4 is 20.5 Å². The second kappa shape index (κ2) is 10.7. The molecule has 4 N–H and O–H groups in total. The third kappa shape index (κ3) is 6.54. The van der Waals surface area contributed by atoms with Crippen LogP contribution in [0.4, 0.5) is 22.0 Å². The zero-order valence-corrected chi connectivity index (χ0v) is 21.3. The molecule has 0 aromatic heterocycles. The molecular weight excluding hydrogens is 557 g/mol. The van der Waals surface area contributed by atoms with Gasteiger partial charge in [-0.05, 0) is 69.6 Å². The van der Waals surface area contributed by atoms with E-state index in [-0.39, 0.29) is 46.5 Å². The molecule has 0 spiro atoms. The lowest BCUT2D eigenvalue weighted by molar-refractivity contribution is -0.286. The van der Waals surface area contributed by atoms with Crippen LogP contribution in [0.15, 0.2) is 18.2 Å². The van der Waals surface area contributed by atoms with Crippen LogP contribution in [0.2, 0.25) is 0 Å². The second-order valence-electron chi connectivity index (χ2n) is 10.1. The lowest BCUT2D eigenvalue weighted by Gasteiger charge is -2.41. The van der Waals surface area contributed by atoms with Crippen molar-refractivity contribution in [3.05, 3.63) is 23.8 Å². The van der Waals surface area contributed by atoms with Crippen LogP contribution in [0.3, 0.4) is 0 Å². The number of carbonyl (C=O) groups is 2. The highest BCUT2D eigenvalue weighted by atomic mass is 32.2. The van der Waals surface area contributed by atoms with Crippen LogP contribution >= 0.6 is 0 Å². The Labute approximate surface area is 220 Å². The Morgan fingerprint density at radius 1 is 1.00 bits per heavy atom. The van der Waals surface area contributed by atoms with Crippen molar-refractivity contribution in [2.75, 3.05) is 0 Å². The highest BCUT2D eigenvalue weighted by Crippen LogP contribution is 2.42. The molecule has 0 radical (unpaired) electrons. The summed E-state index contributed by atoms with van der Waals surface area (Å²) in [5.41, 5.74) is 6.13. The van der Waals surface area contributed by atoms with Gasteiger partial charge in [-0.3, -0.25) is 4.79 Å². The molecule has 10 nitrogen and oxygen atoms in total. The van der Waals surface area contributed by atoms with Crippen LogP contribution in [0.1, 0.15) is 61.7 Å². The van der Waals surface area contributed by atoms with Crippen molar-refractivity contribution < 1.29 is 54.5 Å². The van der Waals surface area contributed by atoms with Gasteiger partial charge in [0.15, 0.2) is 11.5 Å². The number of nitrogens with two attached hydrogens (primary N) is 1. The van der Waals surface area contributed by atoms with Crippen molar-refractivity contribution in [2.24, 2.45) is 5.73 Å². The SMILES string of the molecule is NC1CCC(S(=O)(=O)N2[C@@H]3CC[C@H]2C[C@H](NC(=O)c2ccc4c(c2)OC(F)(F)O4)C3)CC1.O=C(O)C(F)(F)F. The van der Waals surface area contributed by atoms with E-state index in [9.17, 15) is 35.2 Å². The van der Waals surface area contributed by atoms with Gasteiger partial charge in [0.2, 0.25) is 10.0 Å². The number of sulfonamides is 1. The predicted octanol–water partition coefficient (Wildman–Crippen LogP) is 2.97. The first-order valence-electron chi connectivity index (χ1n) is 12.4. The first-order valence-corrected chi connectivity index (χ1v) is 13.9. The van der Waals surface area contributed by atoms with Crippen molar-refractivity contribution >= 4 is 21.9 Å². The van der Waals surface area contributed by atoms with Gasteiger partial charge in [-0.1, -0.05) is 0 Å². The molecule has 0 unspecified atom stereocenters.